The quantitative estimate of drug-likeness (QED) is 0.745. The Morgan fingerprint density at radius 1 is 1.16 bits per heavy atom. The van der Waals surface area contributed by atoms with Crippen molar-refractivity contribution in [3.05, 3.63) is 29.8 Å². The summed E-state index contributed by atoms with van der Waals surface area (Å²) >= 11 is 0. The largest absolute Gasteiger partial charge is 0.399 e. The Morgan fingerprint density at radius 2 is 1.79 bits per heavy atom. The van der Waals surface area contributed by atoms with Crippen LogP contribution in [0.15, 0.2) is 24.3 Å². The first-order valence-corrected chi connectivity index (χ1v) is 6.30. The van der Waals surface area contributed by atoms with Gasteiger partial charge in [0.2, 0.25) is 11.8 Å². The van der Waals surface area contributed by atoms with Gasteiger partial charge in [-0.05, 0) is 24.1 Å². The molecule has 0 saturated carbocycles. The summed E-state index contributed by atoms with van der Waals surface area (Å²) in [4.78, 5) is 24.4. The van der Waals surface area contributed by atoms with E-state index in [1.165, 1.54) is 4.90 Å². The maximum atomic E-state index is 11.6. The zero-order chi connectivity index (χ0) is 14.3. The lowest BCUT2D eigenvalue weighted by Crippen LogP contribution is -2.30. The van der Waals surface area contributed by atoms with E-state index in [1.807, 2.05) is 24.3 Å². The fourth-order valence-electron chi connectivity index (χ4n) is 1.56. The minimum Gasteiger partial charge on any atom is -0.399 e. The van der Waals surface area contributed by atoms with Crippen LogP contribution in [0.1, 0.15) is 18.4 Å². The summed E-state index contributed by atoms with van der Waals surface area (Å²) in [5.41, 5.74) is 7.38. The van der Waals surface area contributed by atoms with Gasteiger partial charge in [-0.2, -0.15) is 0 Å². The number of hydrogen-bond acceptors (Lipinski definition) is 3. The molecular weight excluding hydrogens is 242 g/mol. The van der Waals surface area contributed by atoms with Crippen molar-refractivity contribution in [3.8, 4) is 0 Å². The monoisotopic (exact) mass is 263 g/mol. The van der Waals surface area contributed by atoms with Gasteiger partial charge < -0.3 is 16.0 Å². The number of carbonyl (C=O) groups excluding carboxylic acids is 2. The van der Waals surface area contributed by atoms with Crippen LogP contribution in [-0.2, 0) is 16.0 Å². The molecule has 0 saturated heterocycles. The SMILES string of the molecule is CN(C)C(=O)CCNC(=O)CCc1ccc(N)cc1. The van der Waals surface area contributed by atoms with Crippen LogP contribution in [-0.4, -0.2) is 37.4 Å². The number of aryl methyl sites for hydroxylation is 1. The molecule has 0 bridgehead atoms. The van der Waals surface area contributed by atoms with Crippen LogP contribution >= 0.6 is 0 Å². The molecule has 0 aliphatic rings. The van der Waals surface area contributed by atoms with E-state index < -0.39 is 0 Å². The molecule has 104 valence electrons. The number of benzene rings is 1. The number of nitrogens with one attached hydrogen (secondary N) is 1. The molecule has 0 fully saturated rings. The molecule has 5 nitrogen and oxygen atoms in total. The van der Waals surface area contributed by atoms with Crippen molar-refractivity contribution in [2.24, 2.45) is 0 Å². The van der Waals surface area contributed by atoms with E-state index in [4.69, 9.17) is 5.73 Å². The highest BCUT2D eigenvalue weighted by Gasteiger charge is 2.05. The van der Waals surface area contributed by atoms with Gasteiger partial charge in [-0.1, -0.05) is 12.1 Å². The number of carbonyl (C=O) groups is 2. The summed E-state index contributed by atoms with van der Waals surface area (Å²) < 4.78 is 0. The number of nitrogen functional groups attached to an aromatic ring is 1. The minimum absolute atomic E-state index is 0.0128. The van der Waals surface area contributed by atoms with Gasteiger partial charge in [0.25, 0.3) is 0 Å². The topological polar surface area (TPSA) is 75.4 Å². The van der Waals surface area contributed by atoms with Crippen molar-refractivity contribution in [2.45, 2.75) is 19.3 Å². The van der Waals surface area contributed by atoms with Crippen molar-refractivity contribution >= 4 is 17.5 Å². The standard InChI is InChI=1S/C14H21N3O2/c1-17(2)14(19)9-10-16-13(18)8-5-11-3-6-12(15)7-4-11/h3-4,6-7H,5,8-10,15H2,1-2H3,(H,16,18). The second kappa shape index (κ2) is 7.41. The van der Waals surface area contributed by atoms with Gasteiger partial charge in [0.1, 0.15) is 0 Å². The second-order valence-corrected chi connectivity index (χ2v) is 4.63. The maximum absolute atomic E-state index is 11.6. The lowest BCUT2D eigenvalue weighted by Gasteiger charge is -2.10. The molecule has 0 aliphatic carbocycles. The lowest BCUT2D eigenvalue weighted by atomic mass is 10.1. The smallest absolute Gasteiger partial charge is 0.223 e. The van der Waals surface area contributed by atoms with E-state index in [2.05, 4.69) is 5.32 Å². The first-order chi connectivity index (χ1) is 8.99. The Kier molecular flexibility index (Phi) is 5.85. The van der Waals surface area contributed by atoms with Crippen molar-refractivity contribution in [2.75, 3.05) is 26.4 Å². The van der Waals surface area contributed by atoms with Crippen LogP contribution in [0.3, 0.4) is 0 Å². The van der Waals surface area contributed by atoms with E-state index in [-0.39, 0.29) is 11.8 Å². The first-order valence-electron chi connectivity index (χ1n) is 6.30. The molecule has 0 unspecified atom stereocenters. The van der Waals surface area contributed by atoms with Gasteiger partial charge in [0.15, 0.2) is 0 Å². The first kappa shape index (κ1) is 15.0. The number of rotatable bonds is 6. The highest BCUT2D eigenvalue weighted by molar-refractivity contribution is 5.78. The predicted octanol–water partition coefficient (Wildman–Crippen LogP) is 0.796. The normalized spacial score (nSPS) is 10.0. The second-order valence-electron chi connectivity index (χ2n) is 4.63. The fourth-order valence-corrected chi connectivity index (χ4v) is 1.56. The number of hydrogen-bond donors (Lipinski definition) is 2. The molecule has 0 aliphatic heterocycles. The van der Waals surface area contributed by atoms with Crippen molar-refractivity contribution in [3.63, 3.8) is 0 Å². The third kappa shape index (κ3) is 5.90. The highest BCUT2D eigenvalue weighted by Crippen LogP contribution is 2.07. The Bertz CT molecular complexity index is 427. The van der Waals surface area contributed by atoms with Gasteiger partial charge in [-0.25, -0.2) is 0 Å². The van der Waals surface area contributed by atoms with Gasteiger partial charge >= 0.3 is 0 Å². The van der Waals surface area contributed by atoms with Crippen molar-refractivity contribution < 1.29 is 9.59 Å². The van der Waals surface area contributed by atoms with Crippen LogP contribution in [0.25, 0.3) is 0 Å². The average Bonchev–Trinajstić information content (AvgIpc) is 2.37. The average molecular weight is 263 g/mol. The fraction of sp³-hybridized carbons (Fsp3) is 0.429. The molecule has 5 heteroatoms. The summed E-state index contributed by atoms with van der Waals surface area (Å²) in [7, 11) is 3.40. The highest BCUT2D eigenvalue weighted by atomic mass is 16.2. The summed E-state index contributed by atoms with van der Waals surface area (Å²) in [5, 5.41) is 2.74. The number of amides is 2. The molecule has 0 atom stereocenters. The third-order valence-electron chi connectivity index (χ3n) is 2.78. The van der Waals surface area contributed by atoms with Crippen LogP contribution in [0.5, 0.6) is 0 Å². The number of anilines is 1. The van der Waals surface area contributed by atoms with Crippen molar-refractivity contribution in [1.29, 1.82) is 0 Å². The van der Waals surface area contributed by atoms with Gasteiger partial charge in [0.05, 0.1) is 0 Å². The minimum atomic E-state index is -0.0385. The molecule has 2 amide bonds. The molecule has 1 rings (SSSR count). The summed E-state index contributed by atoms with van der Waals surface area (Å²) in [6.45, 7) is 0.386. The van der Waals surface area contributed by atoms with E-state index >= 15 is 0 Å². The van der Waals surface area contributed by atoms with E-state index in [0.29, 0.717) is 25.8 Å². The molecule has 0 aromatic heterocycles. The van der Waals surface area contributed by atoms with E-state index in [0.717, 1.165) is 11.3 Å². The number of nitrogens with two attached hydrogens (primary N) is 1. The summed E-state index contributed by atoms with van der Waals surface area (Å²) in [5.74, 6) is -0.0257. The Labute approximate surface area is 113 Å². The lowest BCUT2D eigenvalue weighted by molar-refractivity contribution is -0.128. The van der Waals surface area contributed by atoms with E-state index in [9.17, 15) is 9.59 Å². The van der Waals surface area contributed by atoms with Gasteiger partial charge in [-0.3, -0.25) is 9.59 Å². The third-order valence-corrected chi connectivity index (χ3v) is 2.78. The molecular formula is C14H21N3O2. The van der Waals surface area contributed by atoms with Crippen LogP contribution < -0.4 is 11.1 Å². The molecule has 0 spiro atoms. The maximum Gasteiger partial charge on any atom is 0.223 e. The summed E-state index contributed by atoms with van der Waals surface area (Å²) in [6.07, 6.45) is 1.43. The van der Waals surface area contributed by atoms with Gasteiger partial charge in [-0.15, -0.1) is 0 Å². The van der Waals surface area contributed by atoms with Crippen LogP contribution in [0, 0.1) is 0 Å². The molecule has 0 radical (unpaired) electrons. The Balaban J connectivity index is 2.21. The molecule has 1 aromatic carbocycles. The zero-order valence-electron chi connectivity index (χ0n) is 11.5. The van der Waals surface area contributed by atoms with Crippen LogP contribution in [0.2, 0.25) is 0 Å². The zero-order valence-corrected chi connectivity index (χ0v) is 11.5. The Hall–Kier alpha value is -2.04. The summed E-state index contributed by atoms with van der Waals surface area (Å²) in [6, 6.07) is 7.47. The number of nitrogens with zero attached hydrogens (tertiary/aromatic N) is 1. The Morgan fingerprint density at radius 3 is 2.37 bits per heavy atom. The molecule has 1 aromatic rings. The van der Waals surface area contributed by atoms with E-state index in [1.54, 1.807) is 14.1 Å². The molecule has 19 heavy (non-hydrogen) atoms. The molecule has 0 heterocycles. The predicted molar refractivity (Wildman–Crippen MR) is 75.5 cm³/mol. The van der Waals surface area contributed by atoms with Crippen molar-refractivity contribution in [1.82, 2.24) is 10.2 Å². The van der Waals surface area contributed by atoms with Gasteiger partial charge in [0, 0.05) is 39.2 Å². The molecule has 3 N–H and O–H groups in total. The van der Waals surface area contributed by atoms with Crippen LogP contribution in [0.4, 0.5) is 5.69 Å².